The summed E-state index contributed by atoms with van der Waals surface area (Å²) in [5.74, 6) is -0.190. The zero-order valence-corrected chi connectivity index (χ0v) is 12.1. The van der Waals surface area contributed by atoms with Gasteiger partial charge < -0.3 is 15.8 Å². The maximum atomic E-state index is 11.9. The van der Waals surface area contributed by atoms with E-state index in [1.54, 1.807) is 0 Å². The van der Waals surface area contributed by atoms with Gasteiger partial charge in [0.15, 0.2) is 0 Å². The summed E-state index contributed by atoms with van der Waals surface area (Å²) in [6.45, 7) is 0.983. The molecule has 2 aliphatic rings. The van der Waals surface area contributed by atoms with Crippen LogP contribution in [-0.2, 0) is 14.3 Å². The number of rotatable bonds is 6. The standard InChI is InChI=1S/C14H25N3O3/c1-20-14(19)3-2-6-16-13(18)9-17-11-4-5-12(17)8-10(15)7-11/h10-12H,2-9,15H2,1H3,(H,16,18). The summed E-state index contributed by atoms with van der Waals surface area (Å²) in [6, 6.07) is 1.25. The van der Waals surface area contributed by atoms with E-state index >= 15 is 0 Å². The maximum Gasteiger partial charge on any atom is 0.305 e. The number of nitrogens with two attached hydrogens (primary N) is 1. The van der Waals surface area contributed by atoms with Crippen LogP contribution >= 0.6 is 0 Å². The molecule has 2 rings (SSSR count). The molecule has 0 aromatic heterocycles. The van der Waals surface area contributed by atoms with Crippen molar-refractivity contribution in [2.75, 3.05) is 20.2 Å². The van der Waals surface area contributed by atoms with Crippen molar-refractivity contribution in [1.82, 2.24) is 10.2 Å². The van der Waals surface area contributed by atoms with Crippen molar-refractivity contribution >= 4 is 11.9 Å². The first-order valence-electron chi connectivity index (χ1n) is 7.45. The first-order valence-corrected chi connectivity index (χ1v) is 7.45. The van der Waals surface area contributed by atoms with Gasteiger partial charge in [-0.25, -0.2) is 0 Å². The molecule has 20 heavy (non-hydrogen) atoms. The van der Waals surface area contributed by atoms with Crippen LogP contribution in [0.5, 0.6) is 0 Å². The fourth-order valence-corrected chi connectivity index (χ4v) is 3.36. The lowest BCUT2D eigenvalue weighted by atomic mass is 9.98. The molecule has 2 unspecified atom stereocenters. The fraction of sp³-hybridized carbons (Fsp3) is 0.857. The average molecular weight is 283 g/mol. The molecule has 6 nitrogen and oxygen atoms in total. The summed E-state index contributed by atoms with van der Waals surface area (Å²) in [4.78, 5) is 25.2. The van der Waals surface area contributed by atoms with Crippen molar-refractivity contribution in [3.63, 3.8) is 0 Å². The predicted octanol–water partition coefficient (Wildman–Crippen LogP) is 0.00990. The smallest absolute Gasteiger partial charge is 0.305 e. The second kappa shape index (κ2) is 7.04. The Balaban J connectivity index is 1.66. The summed E-state index contributed by atoms with van der Waals surface area (Å²) >= 11 is 0. The molecule has 0 aliphatic carbocycles. The van der Waals surface area contributed by atoms with Crippen molar-refractivity contribution in [2.45, 2.75) is 56.7 Å². The second-order valence-electron chi connectivity index (χ2n) is 5.82. The summed E-state index contributed by atoms with van der Waals surface area (Å²) in [5.41, 5.74) is 6.02. The molecule has 2 fully saturated rings. The molecule has 0 aromatic rings. The van der Waals surface area contributed by atoms with E-state index in [9.17, 15) is 9.59 Å². The van der Waals surface area contributed by atoms with Crippen LogP contribution in [-0.4, -0.2) is 55.1 Å². The second-order valence-corrected chi connectivity index (χ2v) is 5.82. The Morgan fingerprint density at radius 2 is 1.95 bits per heavy atom. The van der Waals surface area contributed by atoms with E-state index in [1.165, 1.54) is 7.11 Å². The third-order valence-corrected chi connectivity index (χ3v) is 4.35. The van der Waals surface area contributed by atoms with Gasteiger partial charge in [0.1, 0.15) is 0 Å². The number of esters is 1. The monoisotopic (exact) mass is 283 g/mol. The molecule has 2 atom stereocenters. The molecular weight excluding hydrogens is 258 g/mol. The molecule has 0 radical (unpaired) electrons. The first-order chi connectivity index (χ1) is 9.60. The van der Waals surface area contributed by atoms with Gasteiger partial charge in [0.2, 0.25) is 5.91 Å². The van der Waals surface area contributed by atoms with E-state index in [0.717, 1.165) is 25.7 Å². The number of hydrogen-bond acceptors (Lipinski definition) is 5. The summed E-state index contributed by atoms with van der Waals surface area (Å²) in [7, 11) is 1.37. The lowest BCUT2D eigenvalue weighted by Crippen LogP contribution is -2.50. The summed E-state index contributed by atoms with van der Waals surface area (Å²) < 4.78 is 4.55. The van der Waals surface area contributed by atoms with Gasteiger partial charge in [-0.1, -0.05) is 0 Å². The number of fused-ring (bicyclic) bond motifs is 2. The average Bonchev–Trinajstić information content (AvgIpc) is 2.66. The third kappa shape index (κ3) is 3.93. The van der Waals surface area contributed by atoms with Gasteiger partial charge in [0, 0.05) is 31.1 Å². The lowest BCUT2D eigenvalue weighted by molar-refractivity contribution is -0.140. The van der Waals surface area contributed by atoms with Crippen molar-refractivity contribution in [3.05, 3.63) is 0 Å². The Kier molecular flexibility index (Phi) is 5.37. The molecule has 114 valence electrons. The number of hydrogen-bond donors (Lipinski definition) is 2. The number of carbonyl (C=O) groups is 2. The molecule has 0 aromatic carbocycles. The Labute approximate surface area is 120 Å². The number of methoxy groups -OCH3 is 1. The minimum Gasteiger partial charge on any atom is -0.469 e. The Morgan fingerprint density at radius 1 is 1.30 bits per heavy atom. The largest absolute Gasteiger partial charge is 0.469 e. The van der Waals surface area contributed by atoms with Crippen molar-refractivity contribution in [1.29, 1.82) is 0 Å². The first kappa shape index (κ1) is 15.3. The SMILES string of the molecule is COC(=O)CCCNC(=O)CN1C2CCC1CC(N)C2. The molecular formula is C14H25N3O3. The quantitative estimate of drug-likeness (QED) is 0.530. The number of ether oxygens (including phenoxy) is 1. The summed E-state index contributed by atoms with van der Waals surface area (Å²) in [5, 5.41) is 2.87. The molecule has 2 saturated heterocycles. The number of nitrogens with one attached hydrogen (secondary N) is 1. The van der Waals surface area contributed by atoms with Crippen LogP contribution < -0.4 is 11.1 Å². The van der Waals surface area contributed by atoms with Gasteiger partial charge >= 0.3 is 5.97 Å². The third-order valence-electron chi connectivity index (χ3n) is 4.35. The van der Waals surface area contributed by atoms with E-state index in [2.05, 4.69) is 15.0 Å². The highest BCUT2D eigenvalue weighted by atomic mass is 16.5. The van der Waals surface area contributed by atoms with Gasteiger partial charge in [-0.15, -0.1) is 0 Å². The molecule has 2 bridgehead atoms. The normalized spacial score (nSPS) is 29.2. The molecule has 2 heterocycles. The zero-order valence-electron chi connectivity index (χ0n) is 12.1. The van der Waals surface area contributed by atoms with Gasteiger partial charge in [0.25, 0.3) is 0 Å². The molecule has 0 saturated carbocycles. The van der Waals surface area contributed by atoms with Gasteiger partial charge in [-0.3, -0.25) is 14.5 Å². The van der Waals surface area contributed by atoms with E-state index in [-0.39, 0.29) is 11.9 Å². The molecule has 6 heteroatoms. The minimum atomic E-state index is -0.234. The van der Waals surface area contributed by atoms with Crippen LogP contribution in [0.15, 0.2) is 0 Å². The summed E-state index contributed by atoms with van der Waals surface area (Å²) in [6.07, 6.45) is 5.30. The Hall–Kier alpha value is -1.14. The minimum absolute atomic E-state index is 0.0437. The Bertz CT molecular complexity index is 348. The van der Waals surface area contributed by atoms with Crippen molar-refractivity contribution in [3.8, 4) is 0 Å². The van der Waals surface area contributed by atoms with Crippen molar-refractivity contribution in [2.24, 2.45) is 5.73 Å². The van der Waals surface area contributed by atoms with Crippen LogP contribution in [0.4, 0.5) is 0 Å². The van der Waals surface area contributed by atoms with E-state index < -0.39 is 0 Å². The van der Waals surface area contributed by atoms with Crippen molar-refractivity contribution < 1.29 is 14.3 Å². The van der Waals surface area contributed by atoms with Gasteiger partial charge in [-0.05, 0) is 32.1 Å². The molecule has 3 N–H and O–H groups in total. The number of nitrogens with zero attached hydrogens (tertiary/aromatic N) is 1. The molecule has 1 amide bonds. The van der Waals surface area contributed by atoms with Gasteiger partial charge in [-0.2, -0.15) is 0 Å². The highest BCUT2D eigenvalue weighted by molar-refractivity contribution is 5.78. The van der Waals surface area contributed by atoms with Crippen LogP contribution in [0.2, 0.25) is 0 Å². The fourth-order valence-electron chi connectivity index (χ4n) is 3.36. The number of amides is 1. The van der Waals surface area contributed by atoms with Crippen LogP contribution in [0.25, 0.3) is 0 Å². The highest BCUT2D eigenvalue weighted by Gasteiger charge is 2.40. The van der Waals surface area contributed by atoms with E-state index in [1.807, 2.05) is 0 Å². The maximum absolute atomic E-state index is 11.9. The molecule has 2 aliphatic heterocycles. The lowest BCUT2D eigenvalue weighted by Gasteiger charge is -2.37. The molecule has 0 spiro atoms. The zero-order chi connectivity index (χ0) is 14.5. The van der Waals surface area contributed by atoms with Crippen LogP contribution in [0, 0.1) is 0 Å². The number of piperidine rings is 1. The van der Waals surface area contributed by atoms with Crippen LogP contribution in [0.1, 0.15) is 38.5 Å². The van der Waals surface area contributed by atoms with E-state index in [0.29, 0.717) is 44.1 Å². The van der Waals surface area contributed by atoms with E-state index in [4.69, 9.17) is 5.73 Å². The number of carbonyl (C=O) groups excluding carboxylic acids is 2. The predicted molar refractivity (Wildman–Crippen MR) is 75.0 cm³/mol. The van der Waals surface area contributed by atoms with Crippen LogP contribution in [0.3, 0.4) is 0 Å². The van der Waals surface area contributed by atoms with Gasteiger partial charge in [0.05, 0.1) is 13.7 Å². The Morgan fingerprint density at radius 3 is 2.55 bits per heavy atom. The highest BCUT2D eigenvalue weighted by Crippen LogP contribution is 2.34. The topological polar surface area (TPSA) is 84.7 Å².